The van der Waals surface area contributed by atoms with Crippen molar-refractivity contribution in [1.82, 2.24) is 0 Å². The standard InChI is InChI=1S/C15H20N2O2/c1-2-9-4-3-5-10-11(14(16)18)6-7-12(15(17)19)13(10)8-9/h6-7,9H,2-5,8H2,1H3,(H2,16,18)(H2,17,19). The molecule has 0 heterocycles. The minimum atomic E-state index is -0.429. The summed E-state index contributed by atoms with van der Waals surface area (Å²) in [7, 11) is 0. The number of carbonyl (C=O) groups excluding carboxylic acids is 2. The van der Waals surface area contributed by atoms with Crippen LogP contribution in [0, 0.1) is 5.92 Å². The van der Waals surface area contributed by atoms with Gasteiger partial charge >= 0.3 is 0 Å². The molecule has 4 nitrogen and oxygen atoms in total. The molecule has 1 aromatic rings. The molecule has 4 N–H and O–H groups in total. The van der Waals surface area contributed by atoms with Gasteiger partial charge in [0.2, 0.25) is 11.8 Å². The summed E-state index contributed by atoms with van der Waals surface area (Å²) in [4.78, 5) is 23.1. The summed E-state index contributed by atoms with van der Waals surface area (Å²) in [5.41, 5.74) is 13.8. The summed E-state index contributed by atoms with van der Waals surface area (Å²) >= 11 is 0. The number of benzene rings is 1. The Balaban J connectivity index is 2.59. The van der Waals surface area contributed by atoms with Crippen LogP contribution in [0.2, 0.25) is 0 Å². The van der Waals surface area contributed by atoms with Gasteiger partial charge in [-0.3, -0.25) is 9.59 Å². The van der Waals surface area contributed by atoms with Crippen molar-refractivity contribution >= 4 is 11.8 Å². The first-order valence-electron chi connectivity index (χ1n) is 6.79. The van der Waals surface area contributed by atoms with Gasteiger partial charge in [0, 0.05) is 11.1 Å². The molecule has 0 spiro atoms. The molecule has 2 rings (SSSR count). The number of nitrogens with two attached hydrogens (primary N) is 2. The molecule has 0 fully saturated rings. The molecule has 1 aliphatic carbocycles. The molecule has 1 atom stereocenters. The summed E-state index contributed by atoms with van der Waals surface area (Å²) in [5, 5.41) is 0. The van der Waals surface area contributed by atoms with E-state index in [2.05, 4.69) is 6.92 Å². The number of primary amides is 2. The lowest BCUT2D eigenvalue weighted by atomic mass is 9.89. The molecule has 0 aromatic heterocycles. The predicted octanol–water partition coefficient (Wildman–Crippen LogP) is 1.79. The summed E-state index contributed by atoms with van der Waals surface area (Å²) in [6.45, 7) is 2.15. The summed E-state index contributed by atoms with van der Waals surface area (Å²) in [5.74, 6) is -0.311. The molecule has 0 saturated carbocycles. The van der Waals surface area contributed by atoms with Crippen LogP contribution >= 0.6 is 0 Å². The number of rotatable bonds is 3. The van der Waals surface area contributed by atoms with Crippen LogP contribution in [-0.4, -0.2) is 11.8 Å². The lowest BCUT2D eigenvalue weighted by Gasteiger charge is -2.16. The van der Waals surface area contributed by atoms with Crippen LogP contribution in [0.3, 0.4) is 0 Å². The van der Waals surface area contributed by atoms with E-state index in [-0.39, 0.29) is 0 Å². The highest BCUT2D eigenvalue weighted by molar-refractivity contribution is 5.99. The number of carbonyl (C=O) groups is 2. The minimum absolute atomic E-state index is 0.427. The highest BCUT2D eigenvalue weighted by Crippen LogP contribution is 2.30. The van der Waals surface area contributed by atoms with Gasteiger partial charge in [0.1, 0.15) is 0 Å². The van der Waals surface area contributed by atoms with Gasteiger partial charge in [-0.25, -0.2) is 0 Å². The van der Waals surface area contributed by atoms with Gasteiger partial charge in [-0.1, -0.05) is 13.3 Å². The van der Waals surface area contributed by atoms with E-state index >= 15 is 0 Å². The van der Waals surface area contributed by atoms with Gasteiger partial charge in [0.15, 0.2) is 0 Å². The highest BCUT2D eigenvalue weighted by Gasteiger charge is 2.23. The number of hydrogen-bond donors (Lipinski definition) is 2. The summed E-state index contributed by atoms with van der Waals surface area (Å²) in [6.07, 6.45) is 4.81. The Morgan fingerprint density at radius 2 is 1.74 bits per heavy atom. The van der Waals surface area contributed by atoms with Crippen LogP contribution in [-0.2, 0) is 12.8 Å². The quantitative estimate of drug-likeness (QED) is 0.812. The van der Waals surface area contributed by atoms with Crippen LogP contribution in [0.15, 0.2) is 12.1 Å². The number of hydrogen-bond acceptors (Lipinski definition) is 2. The van der Waals surface area contributed by atoms with E-state index < -0.39 is 11.8 Å². The maximum Gasteiger partial charge on any atom is 0.248 e. The van der Waals surface area contributed by atoms with E-state index in [0.29, 0.717) is 17.0 Å². The molecule has 1 aromatic carbocycles. The van der Waals surface area contributed by atoms with Crippen molar-refractivity contribution in [2.45, 2.75) is 39.0 Å². The second kappa shape index (κ2) is 5.43. The third-order valence-corrected chi connectivity index (χ3v) is 4.07. The first kappa shape index (κ1) is 13.6. The zero-order valence-electron chi connectivity index (χ0n) is 11.2. The molecule has 0 radical (unpaired) electrons. The van der Waals surface area contributed by atoms with Crippen LogP contribution in [0.1, 0.15) is 58.0 Å². The zero-order chi connectivity index (χ0) is 14.0. The Morgan fingerprint density at radius 3 is 2.26 bits per heavy atom. The Kier molecular flexibility index (Phi) is 3.88. The van der Waals surface area contributed by atoms with Gasteiger partial charge < -0.3 is 11.5 Å². The van der Waals surface area contributed by atoms with E-state index in [1.54, 1.807) is 12.1 Å². The van der Waals surface area contributed by atoms with Crippen LogP contribution < -0.4 is 11.5 Å². The summed E-state index contributed by atoms with van der Waals surface area (Å²) < 4.78 is 0. The van der Waals surface area contributed by atoms with Crippen LogP contribution in [0.25, 0.3) is 0 Å². The highest BCUT2D eigenvalue weighted by atomic mass is 16.1. The normalized spacial score (nSPS) is 18.5. The Bertz CT molecular complexity index is 523. The topological polar surface area (TPSA) is 86.2 Å². The lowest BCUT2D eigenvalue weighted by Crippen LogP contribution is -2.20. The van der Waals surface area contributed by atoms with Gasteiger partial charge in [-0.2, -0.15) is 0 Å². The molecule has 1 unspecified atom stereocenters. The fourth-order valence-electron chi connectivity index (χ4n) is 2.98. The fourth-order valence-corrected chi connectivity index (χ4v) is 2.98. The molecule has 19 heavy (non-hydrogen) atoms. The largest absolute Gasteiger partial charge is 0.366 e. The van der Waals surface area contributed by atoms with Gasteiger partial charge in [-0.05, 0) is 54.9 Å². The van der Waals surface area contributed by atoms with Gasteiger partial charge in [-0.15, -0.1) is 0 Å². The molecule has 2 amide bonds. The Hall–Kier alpha value is -1.84. The predicted molar refractivity (Wildman–Crippen MR) is 73.9 cm³/mol. The third kappa shape index (κ3) is 2.62. The average Bonchev–Trinajstić information content (AvgIpc) is 2.58. The smallest absolute Gasteiger partial charge is 0.248 e. The van der Waals surface area contributed by atoms with Crippen molar-refractivity contribution in [2.75, 3.05) is 0 Å². The molecule has 4 heteroatoms. The van der Waals surface area contributed by atoms with Crippen molar-refractivity contribution < 1.29 is 9.59 Å². The zero-order valence-corrected chi connectivity index (χ0v) is 11.2. The fraction of sp³-hybridized carbons (Fsp3) is 0.467. The van der Waals surface area contributed by atoms with Crippen LogP contribution in [0.4, 0.5) is 0 Å². The van der Waals surface area contributed by atoms with Crippen molar-refractivity contribution in [3.63, 3.8) is 0 Å². The molecule has 0 saturated heterocycles. The molecular formula is C15H20N2O2. The van der Waals surface area contributed by atoms with Crippen molar-refractivity contribution in [2.24, 2.45) is 17.4 Å². The van der Waals surface area contributed by atoms with Crippen molar-refractivity contribution in [3.05, 3.63) is 34.4 Å². The van der Waals surface area contributed by atoms with E-state index in [4.69, 9.17) is 11.5 Å². The maximum absolute atomic E-state index is 11.6. The van der Waals surface area contributed by atoms with Crippen molar-refractivity contribution in [1.29, 1.82) is 0 Å². The second-order valence-electron chi connectivity index (χ2n) is 5.22. The number of fused-ring (bicyclic) bond motifs is 1. The van der Waals surface area contributed by atoms with E-state index in [1.165, 1.54) is 0 Å². The minimum Gasteiger partial charge on any atom is -0.366 e. The SMILES string of the molecule is CCC1CCCc2c(C(N)=O)ccc(C(N)=O)c2C1. The average molecular weight is 260 g/mol. The molecule has 1 aliphatic rings. The third-order valence-electron chi connectivity index (χ3n) is 4.07. The molecule has 0 aliphatic heterocycles. The summed E-state index contributed by atoms with van der Waals surface area (Å²) in [6, 6.07) is 3.27. The molecular weight excluding hydrogens is 240 g/mol. The van der Waals surface area contributed by atoms with E-state index in [1.807, 2.05) is 0 Å². The Morgan fingerprint density at radius 1 is 1.16 bits per heavy atom. The second-order valence-corrected chi connectivity index (χ2v) is 5.22. The first-order chi connectivity index (χ1) is 9.04. The van der Waals surface area contributed by atoms with E-state index in [9.17, 15) is 9.59 Å². The van der Waals surface area contributed by atoms with Gasteiger partial charge in [0.05, 0.1) is 0 Å². The Labute approximate surface area is 113 Å². The first-order valence-corrected chi connectivity index (χ1v) is 6.79. The molecule has 0 bridgehead atoms. The van der Waals surface area contributed by atoms with Gasteiger partial charge in [0.25, 0.3) is 0 Å². The maximum atomic E-state index is 11.6. The monoisotopic (exact) mass is 260 g/mol. The molecule has 102 valence electrons. The lowest BCUT2D eigenvalue weighted by molar-refractivity contribution is 0.0986. The van der Waals surface area contributed by atoms with Crippen LogP contribution in [0.5, 0.6) is 0 Å². The van der Waals surface area contributed by atoms with E-state index in [0.717, 1.165) is 43.2 Å². The number of amides is 2. The van der Waals surface area contributed by atoms with Crippen molar-refractivity contribution in [3.8, 4) is 0 Å².